The molecule has 0 saturated heterocycles. The Balaban J connectivity index is 3.78. The molecule has 0 radical (unpaired) electrons. The SMILES string of the molecule is CC(C)/C=C\N=C/C(C)(C)C. The third-order valence-corrected chi connectivity index (χ3v) is 1.02. The van der Waals surface area contributed by atoms with Crippen molar-refractivity contribution in [2.75, 3.05) is 0 Å². The maximum Gasteiger partial charge on any atom is 0.0226 e. The number of nitrogens with zero attached hydrogens (tertiary/aromatic N) is 1. The molecule has 0 atom stereocenters. The van der Waals surface area contributed by atoms with Gasteiger partial charge >= 0.3 is 0 Å². The monoisotopic (exact) mass is 153 g/mol. The van der Waals surface area contributed by atoms with Crippen LogP contribution in [0, 0.1) is 11.3 Å². The summed E-state index contributed by atoms with van der Waals surface area (Å²) in [5.74, 6) is 0.590. The first kappa shape index (κ1) is 10.4. The minimum absolute atomic E-state index is 0.196. The number of aliphatic imine (C=N–C) groups is 1. The Bertz CT molecular complexity index is 147. The van der Waals surface area contributed by atoms with E-state index in [4.69, 9.17) is 0 Å². The summed E-state index contributed by atoms with van der Waals surface area (Å²) in [7, 11) is 0. The highest BCUT2D eigenvalue weighted by Crippen LogP contribution is 2.08. The van der Waals surface area contributed by atoms with Gasteiger partial charge in [-0.05, 0) is 11.3 Å². The third-order valence-electron chi connectivity index (χ3n) is 1.02. The van der Waals surface area contributed by atoms with E-state index in [9.17, 15) is 0 Å². The van der Waals surface area contributed by atoms with Crippen LogP contribution in [0.1, 0.15) is 34.6 Å². The lowest BCUT2D eigenvalue weighted by molar-refractivity contribution is 0.607. The fraction of sp³-hybridized carbons (Fsp3) is 0.700. The van der Waals surface area contributed by atoms with Gasteiger partial charge in [-0.15, -0.1) is 0 Å². The summed E-state index contributed by atoms with van der Waals surface area (Å²) in [5, 5.41) is 0. The van der Waals surface area contributed by atoms with Crippen LogP contribution in [0.4, 0.5) is 0 Å². The van der Waals surface area contributed by atoms with Gasteiger partial charge in [0.25, 0.3) is 0 Å². The molecule has 0 fully saturated rings. The van der Waals surface area contributed by atoms with Gasteiger partial charge in [-0.3, -0.25) is 4.99 Å². The van der Waals surface area contributed by atoms with Crippen molar-refractivity contribution in [3.05, 3.63) is 12.3 Å². The summed E-state index contributed by atoms with van der Waals surface area (Å²) in [6.45, 7) is 10.7. The van der Waals surface area contributed by atoms with E-state index in [1.165, 1.54) is 0 Å². The summed E-state index contributed by atoms with van der Waals surface area (Å²) in [6, 6.07) is 0. The van der Waals surface area contributed by atoms with Crippen LogP contribution in [-0.4, -0.2) is 6.21 Å². The highest BCUT2D eigenvalue weighted by molar-refractivity contribution is 5.64. The fourth-order valence-corrected chi connectivity index (χ4v) is 0.488. The average Bonchev–Trinajstić information content (AvgIpc) is 1.78. The van der Waals surface area contributed by atoms with Crippen molar-refractivity contribution in [3.8, 4) is 0 Å². The molecule has 0 aliphatic rings. The number of hydrogen-bond acceptors (Lipinski definition) is 1. The van der Waals surface area contributed by atoms with Gasteiger partial charge in [-0.1, -0.05) is 40.7 Å². The molecule has 1 heteroatoms. The standard InChI is InChI=1S/C10H19N/c1-9(2)6-7-11-8-10(3,4)5/h6-9H,1-5H3/b7-6-,11-8-. The average molecular weight is 153 g/mol. The summed E-state index contributed by atoms with van der Waals surface area (Å²) in [4.78, 5) is 4.18. The first-order valence-electron chi connectivity index (χ1n) is 4.13. The van der Waals surface area contributed by atoms with Crippen molar-refractivity contribution in [1.29, 1.82) is 0 Å². The van der Waals surface area contributed by atoms with Crippen LogP contribution in [0.15, 0.2) is 17.3 Å². The van der Waals surface area contributed by atoms with Gasteiger partial charge < -0.3 is 0 Å². The molecular formula is C10H19N. The molecule has 0 aromatic heterocycles. The van der Waals surface area contributed by atoms with Crippen LogP contribution < -0.4 is 0 Å². The van der Waals surface area contributed by atoms with E-state index in [0.29, 0.717) is 5.92 Å². The molecule has 0 amide bonds. The molecule has 0 rings (SSSR count). The third kappa shape index (κ3) is 9.41. The smallest absolute Gasteiger partial charge is 0.0226 e. The topological polar surface area (TPSA) is 12.4 Å². The molecule has 0 spiro atoms. The van der Waals surface area contributed by atoms with Gasteiger partial charge in [-0.2, -0.15) is 0 Å². The molecule has 64 valence electrons. The second kappa shape index (κ2) is 4.32. The first-order chi connectivity index (χ1) is 4.92. The molecular weight excluding hydrogens is 134 g/mol. The van der Waals surface area contributed by atoms with E-state index in [1.807, 2.05) is 12.4 Å². The van der Waals surface area contributed by atoms with E-state index < -0.39 is 0 Å². The number of rotatable bonds is 2. The van der Waals surface area contributed by atoms with E-state index in [2.05, 4.69) is 45.7 Å². The predicted octanol–water partition coefficient (Wildman–Crippen LogP) is 3.27. The van der Waals surface area contributed by atoms with Crippen LogP contribution in [0.3, 0.4) is 0 Å². The van der Waals surface area contributed by atoms with Crippen molar-refractivity contribution in [1.82, 2.24) is 0 Å². The fourth-order valence-electron chi connectivity index (χ4n) is 0.488. The molecule has 0 aromatic carbocycles. The van der Waals surface area contributed by atoms with E-state index in [-0.39, 0.29) is 5.41 Å². The molecule has 0 aliphatic heterocycles. The normalized spacial score (nSPS) is 14.0. The van der Waals surface area contributed by atoms with Crippen LogP contribution in [0.5, 0.6) is 0 Å². The van der Waals surface area contributed by atoms with Gasteiger partial charge in [0, 0.05) is 12.4 Å². The van der Waals surface area contributed by atoms with Gasteiger partial charge in [0.15, 0.2) is 0 Å². The van der Waals surface area contributed by atoms with Gasteiger partial charge in [0.1, 0.15) is 0 Å². The van der Waals surface area contributed by atoms with Crippen LogP contribution in [-0.2, 0) is 0 Å². The highest BCUT2D eigenvalue weighted by atomic mass is 14.7. The second-order valence-corrected chi connectivity index (χ2v) is 4.23. The summed E-state index contributed by atoms with van der Waals surface area (Å²) < 4.78 is 0. The quantitative estimate of drug-likeness (QED) is 0.540. The largest absolute Gasteiger partial charge is 0.269 e. The molecule has 0 bridgehead atoms. The Hall–Kier alpha value is -0.590. The molecule has 1 nitrogen and oxygen atoms in total. The lowest BCUT2D eigenvalue weighted by Crippen LogP contribution is -2.05. The maximum absolute atomic E-state index is 4.18. The molecule has 0 N–H and O–H groups in total. The zero-order chi connectivity index (χ0) is 8.91. The first-order valence-corrected chi connectivity index (χ1v) is 4.13. The second-order valence-electron chi connectivity index (χ2n) is 4.23. The Morgan fingerprint density at radius 3 is 2.09 bits per heavy atom. The molecule has 0 aromatic rings. The van der Waals surface area contributed by atoms with Crippen LogP contribution in [0.25, 0.3) is 0 Å². The molecule has 0 saturated carbocycles. The van der Waals surface area contributed by atoms with Crippen LogP contribution >= 0.6 is 0 Å². The Kier molecular flexibility index (Phi) is 4.09. The van der Waals surface area contributed by atoms with Crippen molar-refractivity contribution in [2.24, 2.45) is 16.3 Å². The minimum Gasteiger partial charge on any atom is -0.269 e. The van der Waals surface area contributed by atoms with E-state index in [0.717, 1.165) is 0 Å². The zero-order valence-electron chi connectivity index (χ0n) is 8.26. The minimum atomic E-state index is 0.196. The maximum atomic E-state index is 4.18. The van der Waals surface area contributed by atoms with Gasteiger partial charge in [0.2, 0.25) is 0 Å². The van der Waals surface area contributed by atoms with Crippen molar-refractivity contribution >= 4 is 6.21 Å². The van der Waals surface area contributed by atoms with Crippen molar-refractivity contribution < 1.29 is 0 Å². The van der Waals surface area contributed by atoms with Gasteiger partial charge in [-0.25, -0.2) is 0 Å². The Morgan fingerprint density at radius 1 is 1.18 bits per heavy atom. The molecule has 0 unspecified atom stereocenters. The molecule has 0 heterocycles. The van der Waals surface area contributed by atoms with E-state index >= 15 is 0 Å². The lowest BCUT2D eigenvalue weighted by Gasteiger charge is -2.08. The Morgan fingerprint density at radius 2 is 1.73 bits per heavy atom. The molecule has 11 heavy (non-hydrogen) atoms. The summed E-state index contributed by atoms with van der Waals surface area (Å²) >= 11 is 0. The zero-order valence-corrected chi connectivity index (χ0v) is 8.26. The predicted molar refractivity (Wildman–Crippen MR) is 51.9 cm³/mol. The lowest BCUT2D eigenvalue weighted by atomic mass is 9.99. The number of hydrogen-bond donors (Lipinski definition) is 0. The van der Waals surface area contributed by atoms with Crippen LogP contribution in [0.2, 0.25) is 0 Å². The number of allylic oxidation sites excluding steroid dienone is 1. The van der Waals surface area contributed by atoms with Crippen molar-refractivity contribution in [3.63, 3.8) is 0 Å². The summed E-state index contributed by atoms with van der Waals surface area (Å²) in [6.07, 6.45) is 5.92. The molecule has 0 aliphatic carbocycles. The highest BCUT2D eigenvalue weighted by Gasteiger charge is 2.03. The Labute approximate surface area is 70.2 Å². The summed E-state index contributed by atoms with van der Waals surface area (Å²) in [5.41, 5.74) is 0.196. The van der Waals surface area contributed by atoms with Crippen molar-refractivity contribution in [2.45, 2.75) is 34.6 Å². The van der Waals surface area contributed by atoms with Gasteiger partial charge in [0.05, 0.1) is 0 Å². The van der Waals surface area contributed by atoms with E-state index in [1.54, 1.807) is 0 Å².